The molecular formula is C24H40N3O4S-. The van der Waals surface area contributed by atoms with Gasteiger partial charge in [-0.15, -0.1) is 0 Å². The minimum atomic E-state index is -3.23. The maximum Gasteiger partial charge on any atom is 0.215 e. The molecule has 2 aromatic rings. The lowest BCUT2D eigenvalue weighted by Crippen LogP contribution is -2.21. The first-order valence-corrected chi connectivity index (χ1v) is 13.2. The summed E-state index contributed by atoms with van der Waals surface area (Å²) in [6.45, 7) is 3.15. The van der Waals surface area contributed by atoms with E-state index in [-0.39, 0.29) is 12.2 Å². The van der Waals surface area contributed by atoms with Crippen LogP contribution in [0.25, 0.3) is 10.9 Å². The number of carbonyl (C=O) groups is 1. The second-order valence-electron chi connectivity index (χ2n) is 8.45. The molecule has 2 rings (SSSR count). The fourth-order valence-corrected chi connectivity index (χ4v) is 4.15. The molecule has 1 aromatic carbocycles. The van der Waals surface area contributed by atoms with Crippen molar-refractivity contribution in [2.75, 3.05) is 27.7 Å². The zero-order valence-corrected chi connectivity index (χ0v) is 20.9. The van der Waals surface area contributed by atoms with Gasteiger partial charge in [0.25, 0.3) is 0 Å². The van der Waals surface area contributed by atoms with Gasteiger partial charge in [0.15, 0.2) is 0 Å². The van der Waals surface area contributed by atoms with Crippen molar-refractivity contribution in [3.8, 4) is 0 Å². The van der Waals surface area contributed by atoms with Crippen LogP contribution < -0.4 is 9.83 Å². The van der Waals surface area contributed by atoms with Gasteiger partial charge in [0.1, 0.15) is 0 Å². The smallest absolute Gasteiger partial charge is 0.215 e. The first kappa shape index (κ1) is 28.1. The normalized spacial score (nSPS) is 11.5. The molecule has 7 nitrogen and oxygen atoms in total. The molecule has 0 aliphatic heterocycles. The quantitative estimate of drug-likeness (QED) is 0.416. The lowest BCUT2D eigenvalue weighted by atomic mass is 10.1. The van der Waals surface area contributed by atoms with Crippen molar-refractivity contribution in [1.29, 1.82) is 0 Å². The Morgan fingerprint density at radius 1 is 1.09 bits per heavy atom. The number of hydrogen-bond acceptors (Lipinski definition) is 5. The minimum absolute atomic E-state index is 0.0116. The summed E-state index contributed by atoms with van der Waals surface area (Å²) in [6.07, 6.45) is 11.3. The molecule has 0 amide bonds. The highest BCUT2D eigenvalue weighted by molar-refractivity contribution is 7.88. The van der Waals surface area contributed by atoms with E-state index >= 15 is 0 Å². The zero-order chi connectivity index (χ0) is 24.0. The highest BCUT2D eigenvalue weighted by atomic mass is 32.2. The largest absolute Gasteiger partial charge is 0.550 e. The lowest BCUT2D eigenvalue weighted by molar-refractivity contribution is -0.305. The van der Waals surface area contributed by atoms with Crippen molar-refractivity contribution in [2.24, 2.45) is 0 Å². The molecule has 1 heterocycles. The number of fused-ring (bicyclic) bond motifs is 1. The first-order valence-electron chi connectivity index (χ1n) is 11.5. The van der Waals surface area contributed by atoms with E-state index in [0.29, 0.717) is 0 Å². The number of likely N-dealkylation sites (N-methyl/N-ethyl adjacent to an activating group) is 1. The average Bonchev–Trinajstić information content (AvgIpc) is 3.14. The van der Waals surface area contributed by atoms with Crippen LogP contribution in [0.1, 0.15) is 69.4 Å². The summed E-state index contributed by atoms with van der Waals surface area (Å²) >= 11 is 0. The number of aromatic nitrogens is 1. The summed E-state index contributed by atoms with van der Waals surface area (Å²) in [5.41, 5.74) is 3.07. The van der Waals surface area contributed by atoms with E-state index in [1.54, 1.807) is 0 Å². The lowest BCUT2D eigenvalue weighted by Gasteiger charge is -2.08. The second-order valence-corrected chi connectivity index (χ2v) is 10.4. The van der Waals surface area contributed by atoms with Crippen molar-refractivity contribution in [1.82, 2.24) is 14.6 Å². The third-order valence-corrected chi connectivity index (χ3v) is 6.65. The molecule has 0 radical (unpaired) electrons. The minimum Gasteiger partial charge on any atom is -0.550 e. The SMILES string of the molecule is CCCCCCCCCC(=O)[O-].CNS(=O)(=O)Cc1ccc2[nH]cc(CCN(C)C)c2c1. The highest BCUT2D eigenvalue weighted by Gasteiger charge is 2.11. The molecule has 0 saturated heterocycles. The number of aliphatic carboxylic acids is 1. The van der Waals surface area contributed by atoms with Gasteiger partial charge < -0.3 is 19.8 Å². The topological polar surface area (TPSA) is 105 Å². The van der Waals surface area contributed by atoms with E-state index in [2.05, 4.69) is 21.5 Å². The summed E-state index contributed by atoms with van der Waals surface area (Å²) in [4.78, 5) is 15.4. The molecule has 0 spiro atoms. The number of aromatic amines is 1. The Morgan fingerprint density at radius 2 is 1.75 bits per heavy atom. The van der Waals surface area contributed by atoms with E-state index in [0.717, 1.165) is 42.3 Å². The van der Waals surface area contributed by atoms with Crippen LogP contribution in [0, 0.1) is 0 Å². The molecule has 32 heavy (non-hydrogen) atoms. The third kappa shape index (κ3) is 11.6. The number of unbranched alkanes of at least 4 members (excludes halogenated alkanes) is 6. The molecule has 2 N–H and O–H groups in total. The zero-order valence-electron chi connectivity index (χ0n) is 20.1. The van der Waals surface area contributed by atoms with E-state index in [1.165, 1.54) is 44.7 Å². The Hall–Kier alpha value is -1.90. The number of carboxylic acids is 1. The summed E-state index contributed by atoms with van der Waals surface area (Å²) in [6, 6.07) is 5.75. The fraction of sp³-hybridized carbons (Fsp3) is 0.625. The van der Waals surface area contributed by atoms with Crippen molar-refractivity contribution in [3.63, 3.8) is 0 Å². The number of carbonyl (C=O) groups excluding carboxylic acids is 1. The number of hydrogen-bond donors (Lipinski definition) is 2. The monoisotopic (exact) mass is 466 g/mol. The molecule has 0 aliphatic rings. The van der Waals surface area contributed by atoms with Crippen LogP contribution in [-0.4, -0.2) is 52.0 Å². The van der Waals surface area contributed by atoms with Crippen molar-refractivity contribution >= 4 is 26.9 Å². The Labute approximate surface area is 193 Å². The van der Waals surface area contributed by atoms with Crippen molar-refractivity contribution < 1.29 is 18.3 Å². The van der Waals surface area contributed by atoms with Gasteiger partial charge in [-0.05, 0) is 63.7 Å². The van der Waals surface area contributed by atoms with Crippen LogP contribution in [-0.2, 0) is 27.0 Å². The van der Waals surface area contributed by atoms with Crippen LogP contribution in [0.15, 0.2) is 24.4 Å². The van der Waals surface area contributed by atoms with Crippen molar-refractivity contribution in [2.45, 2.75) is 70.5 Å². The predicted molar refractivity (Wildman–Crippen MR) is 130 cm³/mol. The molecule has 0 atom stereocenters. The van der Waals surface area contributed by atoms with Gasteiger partial charge in [0, 0.05) is 29.6 Å². The highest BCUT2D eigenvalue weighted by Crippen LogP contribution is 2.21. The van der Waals surface area contributed by atoms with Crippen LogP contribution in [0.5, 0.6) is 0 Å². The average molecular weight is 467 g/mol. The predicted octanol–water partition coefficient (Wildman–Crippen LogP) is 3.20. The van der Waals surface area contributed by atoms with E-state index < -0.39 is 16.0 Å². The number of rotatable bonds is 14. The third-order valence-electron chi connectivity index (χ3n) is 5.31. The van der Waals surface area contributed by atoms with Gasteiger partial charge in [-0.2, -0.15) is 0 Å². The number of H-pyrrole nitrogens is 1. The maximum atomic E-state index is 11.6. The standard InChI is InChI=1S/C14H21N3O2S.C10H20O2/c1-15-20(18,19)10-11-4-5-14-13(8-11)12(9-16-14)6-7-17(2)3;1-2-3-4-5-6-7-8-9-10(11)12/h4-5,8-9,15-16H,6-7,10H2,1-3H3;2-9H2,1H3,(H,11,12)/p-1. The molecule has 0 saturated carbocycles. The van der Waals surface area contributed by atoms with E-state index in [4.69, 9.17) is 0 Å². The molecule has 1 aromatic heterocycles. The molecule has 0 fully saturated rings. The molecule has 0 unspecified atom stereocenters. The summed E-state index contributed by atoms with van der Waals surface area (Å²) in [5, 5.41) is 11.1. The Bertz CT molecular complexity index is 907. The molecule has 0 aliphatic carbocycles. The van der Waals surface area contributed by atoms with Crippen LogP contribution in [0.2, 0.25) is 0 Å². The van der Waals surface area contributed by atoms with Gasteiger partial charge in [-0.25, -0.2) is 13.1 Å². The maximum absolute atomic E-state index is 11.6. The summed E-state index contributed by atoms with van der Waals surface area (Å²) in [5.74, 6) is -0.902. The Morgan fingerprint density at radius 3 is 2.34 bits per heavy atom. The Kier molecular flexibility index (Phi) is 13.2. The van der Waals surface area contributed by atoms with Gasteiger partial charge in [-0.3, -0.25) is 0 Å². The number of benzene rings is 1. The Balaban J connectivity index is 0.000000368. The van der Waals surface area contributed by atoms with E-state index in [9.17, 15) is 18.3 Å². The second kappa shape index (κ2) is 15.0. The number of nitrogens with one attached hydrogen (secondary N) is 2. The van der Waals surface area contributed by atoms with Gasteiger partial charge >= 0.3 is 0 Å². The van der Waals surface area contributed by atoms with Crippen LogP contribution in [0.4, 0.5) is 0 Å². The number of nitrogens with zero attached hydrogens (tertiary/aromatic N) is 1. The molecular weight excluding hydrogens is 426 g/mol. The summed E-state index contributed by atoms with van der Waals surface area (Å²) in [7, 11) is 2.29. The molecule has 8 heteroatoms. The van der Waals surface area contributed by atoms with Crippen LogP contribution in [0.3, 0.4) is 0 Å². The summed E-state index contributed by atoms with van der Waals surface area (Å²) < 4.78 is 25.6. The van der Waals surface area contributed by atoms with Crippen LogP contribution >= 0.6 is 0 Å². The first-order chi connectivity index (χ1) is 15.2. The number of sulfonamides is 1. The van der Waals surface area contributed by atoms with E-state index in [1.807, 2.05) is 38.5 Å². The number of carboxylic acid groups (broad SMARTS) is 1. The fourth-order valence-electron chi connectivity index (χ4n) is 3.38. The molecule has 182 valence electrons. The molecule has 0 bridgehead atoms. The van der Waals surface area contributed by atoms with Gasteiger partial charge in [0.05, 0.1) is 5.75 Å². The van der Waals surface area contributed by atoms with Gasteiger partial charge in [0.2, 0.25) is 10.0 Å². The van der Waals surface area contributed by atoms with Gasteiger partial charge in [-0.1, -0.05) is 51.5 Å². The van der Waals surface area contributed by atoms with Crippen molar-refractivity contribution in [3.05, 3.63) is 35.5 Å².